The first-order chi connectivity index (χ1) is 16.7. The Hall–Kier alpha value is -3.53. The lowest BCUT2D eigenvalue weighted by atomic mass is 10.1. The second kappa shape index (κ2) is 7.49. The minimum absolute atomic E-state index is 0.703. The monoisotopic (exact) mass is 520 g/mol. The van der Waals surface area contributed by atoms with E-state index in [1.807, 2.05) is 12.1 Å². The molecule has 0 N–H and O–H groups in total. The normalized spacial score (nSPS) is 11.8. The fraction of sp³-hybridized carbons (Fsp3) is 0. The summed E-state index contributed by atoms with van der Waals surface area (Å²) in [5.41, 5.74) is 6.79. The molecule has 4 heteroatoms. The number of fused-ring (bicyclic) bond motifs is 7. The van der Waals surface area contributed by atoms with Crippen molar-refractivity contribution in [1.29, 1.82) is 0 Å². The molecule has 2 aromatic heterocycles. The van der Waals surface area contributed by atoms with Crippen LogP contribution in [0.25, 0.3) is 55.0 Å². The molecular formula is C30H18BrClN2. The minimum Gasteiger partial charge on any atom is -0.309 e. The minimum atomic E-state index is 0.703. The highest BCUT2D eigenvalue weighted by atomic mass is 79.9. The number of hydrogen-bond acceptors (Lipinski definition) is 0. The van der Waals surface area contributed by atoms with Gasteiger partial charge in [0.25, 0.3) is 0 Å². The number of benzene rings is 5. The number of rotatable bonds is 2. The van der Waals surface area contributed by atoms with Crippen LogP contribution >= 0.6 is 27.5 Å². The smallest absolute Gasteiger partial charge is 0.0788 e. The van der Waals surface area contributed by atoms with Crippen LogP contribution in [0.5, 0.6) is 0 Å². The molecule has 0 aliphatic rings. The predicted octanol–water partition coefficient (Wildman–Crippen LogP) is 9.30. The van der Waals surface area contributed by atoms with E-state index in [9.17, 15) is 0 Å². The molecule has 0 aliphatic carbocycles. The van der Waals surface area contributed by atoms with Gasteiger partial charge < -0.3 is 9.13 Å². The Labute approximate surface area is 209 Å². The molecule has 0 fully saturated rings. The fourth-order valence-electron chi connectivity index (χ4n) is 5.28. The molecule has 34 heavy (non-hydrogen) atoms. The quantitative estimate of drug-likeness (QED) is 0.214. The van der Waals surface area contributed by atoms with E-state index >= 15 is 0 Å². The third-order valence-electron chi connectivity index (χ3n) is 6.66. The lowest BCUT2D eigenvalue weighted by Crippen LogP contribution is -1.96. The summed E-state index contributed by atoms with van der Waals surface area (Å²) in [5.74, 6) is 0. The molecule has 0 radical (unpaired) electrons. The van der Waals surface area contributed by atoms with Crippen molar-refractivity contribution in [3.05, 3.63) is 119 Å². The topological polar surface area (TPSA) is 9.86 Å². The highest BCUT2D eigenvalue weighted by Crippen LogP contribution is 2.43. The molecule has 0 unspecified atom stereocenters. The zero-order valence-electron chi connectivity index (χ0n) is 18.0. The van der Waals surface area contributed by atoms with Gasteiger partial charge in [-0.3, -0.25) is 0 Å². The van der Waals surface area contributed by atoms with Gasteiger partial charge in [-0.15, -0.1) is 0 Å². The molecule has 7 rings (SSSR count). The van der Waals surface area contributed by atoms with E-state index in [0.717, 1.165) is 21.4 Å². The van der Waals surface area contributed by atoms with Crippen LogP contribution in [0.15, 0.2) is 114 Å². The fourth-order valence-corrected chi connectivity index (χ4v) is 5.85. The van der Waals surface area contributed by atoms with E-state index in [1.54, 1.807) is 0 Å². The first kappa shape index (κ1) is 19.9. The average Bonchev–Trinajstić information content (AvgIpc) is 3.39. The largest absolute Gasteiger partial charge is 0.309 e. The molecule has 0 spiro atoms. The van der Waals surface area contributed by atoms with Crippen molar-refractivity contribution in [1.82, 2.24) is 9.13 Å². The van der Waals surface area contributed by atoms with Crippen LogP contribution in [0.2, 0.25) is 5.02 Å². The van der Waals surface area contributed by atoms with Crippen LogP contribution in [0, 0.1) is 0 Å². The van der Waals surface area contributed by atoms with Gasteiger partial charge in [-0.25, -0.2) is 0 Å². The molecule has 0 amide bonds. The van der Waals surface area contributed by atoms with Crippen molar-refractivity contribution >= 4 is 71.1 Å². The van der Waals surface area contributed by atoms with Gasteiger partial charge in [0.05, 0.1) is 32.8 Å². The van der Waals surface area contributed by atoms with E-state index in [4.69, 9.17) is 11.6 Å². The standard InChI is InChI=1S/C30H18BrClN2/c31-23-13-8-16-27(29(23)32)34-24-14-6-4-11-20(24)21-17-18-26-28(30(21)34)22-12-5-7-15-25(22)33(26)19-9-2-1-3-10-19/h1-18H. The van der Waals surface area contributed by atoms with Crippen LogP contribution in [-0.2, 0) is 0 Å². The van der Waals surface area contributed by atoms with Crippen molar-refractivity contribution in [2.24, 2.45) is 0 Å². The molecule has 7 aromatic rings. The first-order valence-electron chi connectivity index (χ1n) is 11.2. The Balaban J connectivity index is 1.77. The second-order valence-corrected chi connectivity index (χ2v) is 9.70. The van der Waals surface area contributed by atoms with E-state index in [0.29, 0.717) is 5.02 Å². The molecule has 2 heterocycles. The Morgan fingerprint density at radius 1 is 0.529 bits per heavy atom. The lowest BCUT2D eigenvalue weighted by Gasteiger charge is -2.12. The number of para-hydroxylation sites is 3. The summed E-state index contributed by atoms with van der Waals surface area (Å²) < 4.78 is 5.56. The van der Waals surface area contributed by atoms with Crippen molar-refractivity contribution in [2.75, 3.05) is 0 Å². The van der Waals surface area contributed by atoms with E-state index in [1.165, 1.54) is 38.1 Å². The van der Waals surface area contributed by atoms with Crippen LogP contribution in [0.3, 0.4) is 0 Å². The summed E-state index contributed by atoms with van der Waals surface area (Å²) in [6, 6.07) is 38.4. The van der Waals surface area contributed by atoms with Crippen LogP contribution < -0.4 is 0 Å². The van der Waals surface area contributed by atoms with Crippen molar-refractivity contribution in [3.8, 4) is 11.4 Å². The summed E-state index contributed by atoms with van der Waals surface area (Å²) in [6.45, 7) is 0. The number of hydrogen-bond donors (Lipinski definition) is 0. The second-order valence-electron chi connectivity index (χ2n) is 8.47. The lowest BCUT2D eigenvalue weighted by molar-refractivity contribution is 1.17. The van der Waals surface area contributed by atoms with Gasteiger partial charge in [-0.2, -0.15) is 0 Å². The maximum atomic E-state index is 6.88. The van der Waals surface area contributed by atoms with Gasteiger partial charge in [-0.1, -0.05) is 78.3 Å². The Bertz CT molecular complexity index is 1880. The van der Waals surface area contributed by atoms with Gasteiger partial charge in [0, 0.05) is 31.7 Å². The number of aromatic nitrogens is 2. The van der Waals surface area contributed by atoms with Gasteiger partial charge in [-0.05, 0) is 58.4 Å². The highest BCUT2D eigenvalue weighted by Gasteiger charge is 2.21. The van der Waals surface area contributed by atoms with Gasteiger partial charge in [0.15, 0.2) is 0 Å². The highest BCUT2D eigenvalue weighted by molar-refractivity contribution is 9.10. The predicted molar refractivity (Wildman–Crippen MR) is 148 cm³/mol. The first-order valence-corrected chi connectivity index (χ1v) is 12.4. The molecule has 0 atom stereocenters. The van der Waals surface area contributed by atoms with Crippen molar-refractivity contribution in [3.63, 3.8) is 0 Å². The molecule has 0 saturated carbocycles. The average molecular weight is 522 g/mol. The van der Waals surface area contributed by atoms with Gasteiger partial charge >= 0.3 is 0 Å². The number of halogens is 2. The summed E-state index contributed by atoms with van der Waals surface area (Å²) in [4.78, 5) is 0. The third kappa shape index (κ3) is 2.68. The maximum Gasteiger partial charge on any atom is 0.0788 e. The zero-order valence-corrected chi connectivity index (χ0v) is 20.4. The molecule has 0 bridgehead atoms. The summed E-state index contributed by atoms with van der Waals surface area (Å²) in [7, 11) is 0. The SMILES string of the molecule is Clc1c(Br)cccc1-n1c2ccccc2c2ccc3c(c4ccccc4n3-c3ccccc3)c21. The van der Waals surface area contributed by atoms with Crippen molar-refractivity contribution < 1.29 is 0 Å². The van der Waals surface area contributed by atoms with Crippen LogP contribution in [0.1, 0.15) is 0 Å². The third-order valence-corrected chi connectivity index (χ3v) is 7.94. The molecule has 0 aliphatic heterocycles. The molecular weight excluding hydrogens is 504 g/mol. The molecule has 0 saturated heterocycles. The van der Waals surface area contributed by atoms with Crippen LogP contribution in [0.4, 0.5) is 0 Å². The van der Waals surface area contributed by atoms with E-state index in [2.05, 4.69) is 122 Å². The molecule has 162 valence electrons. The Morgan fingerprint density at radius 2 is 1.21 bits per heavy atom. The number of nitrogens with zero attached hydrogens (tertiary/aromatic N) is 2. The van der Waals surface area contributed by atoms with Gasteiger partial charge in [0.2, 0.25) is 0 Å². The Kier molecular flexibility index (Phi) is 4.38. The van der Waals surface area contributed by atoms with E-state index in [-0.39, 0.29) is 0 Å². The zero-order chi connectivity index (χ0) is 22.8. The summed E-state index contributed by atoms with van der Waals surface area (Å²) in [6.07, 6.45) is 0. The van der Waals surface area contributed by atoms with Gasteiger partial charge in [0.1, 0.15) is 0 Å². The van der Waals surface area contributed by atoms with Crippen LogP contribution in [-0.4, -0.2) is 9.13 Å². The maximum absolute atomic E-state index is 6.88. The summed E-state index contributed by atoms with van der Waals surface area (Å²) in [5, 5.41) is 5.59. The van der Waals surface area contributed by atoms with E-state index < -0.39 is 0 Å². The molecule has 5 aromatic carbocycles. The van der Waals surface area contributed by atoms with Crippen molar-refractivity contribution in [2.45, 2.75) is 0 Å². The summed E-state index contributed by atoms with van der Waals surface area (Å²) >= 11 is 10.5. The Morgan fingerprint density at radius 3 is 2.00 bits per heavy atom. The molecule has 2 nitrogen and oxygen atoms in total.